The molecule has 0 saturated carbocycles. The molecule has 18 rings (SSSR count). The van der Waals surface area contributed by atoms with E-state index in [1.54, 1.807) is 0 Å². The van der Waals surface area contributed by atoms with E-state index in [2.05, 4.69) is 193 Å². The van der Waals surface area contributed by atoms with Crippen LogP contribution in [0.2, 0.25) is 0 Å². The lowest BCUT2D eigenvalue weighted by Crippen LogP contribution is -2.66. The Kier molecular flexibility index (Phi) is 8.47. The number of rotatable bonds is 0. The lowest BCUT2D eigenvalue weighted by molar-refractivity contribution is 0.396. The molecule has 356 valence electrons. The first kappa shape index (κ1) is 42.2. The largest absolute Gasteiger partial charge is 0.454 e. The van der Waals surface area contributed by atoms with Crippen LogP contribution in [0.3, 0.4) is 0 Å². The third-order valence-corrected chi connectivity index (χ3v) is 17.6. The van der Waals surface area contributed by atoms with Gasteiger partial charge >= 0.3 is 0 Å². The molecular weight excluding hydrogens is 932 g/mol. The second-order valence-electron chi connectivity index (χ2n) is 21.1. The van der Waals surface area contributed by atoms with Crippen molar-refractivity contribution in [3.05, 3.63) is 194 Å². The molecule has 0 aromatic heterocycles. The van der Waals surface area contributed by atoms with Gasteiger partial charge < -0.3 is 38.5 Å². The van der Waals surface area contributed by atoms with Crippen LogP contribution in [0.25, 0.3) is 0 Å². The number of para-hydroxylation sites is 8. The minimum atomic E-state index is -0.0496. The number of hydrogen-bond donors (Lipinski definition) is 0. The smallest absolute Gasteiger partial charge is 0.261 e. The van der Waals surface area contributed by atoms with E-state index in [1.165, 1.54) is 78.3 Å². The minimum Gasteiger partial charge on any atom is -0.454 e. The van der Waals surface area contributed by atoms with Crippen LogP contribution >= 0.6 is 0 Å². The van der Waals surface area contributed by atoms with Crippen LogP contribution < -0.4 is 104 Å². The SMILES string of the molecule is CN1c2ccccc2B2c3ccccc3N(C)c3c2c1c1c2c3N(C)c3ccccc3B2c2ccccc2N1C.c1ccc2c(c1)Oc1c3c4c(c5c1B2c1ccccc1O5)Oc1ccccc1B4c1ccccc1O3. The maximum Gasteiger partial charge on any atom is 0.261 e. The molecule has 0 saturated heterocycles. The van der Waals surface area contributed by atoms with Crippen molar-refractivity contribution in [1.29, 1.82) is 0 Å². The average molecular weight is 976 g/mol. The van der Waals surface area contributed by atoms with E-state index in [-0.39, 0.29) is 26.9 Å². The van der Waals surface area contributed by atoms with E-state index in [4.69, 9.17) is 18.9 Å². The van der Waals surface area contributed by atoms with Crippen molar-refractivity contribution in [1.82, 2.24) is 0 Å². The summed E-state index contributed by atoms with van der Waals surface area (Å²) in [6.07, 6.45) is 0. The van der Waals surface area contributed by atoms with Gasteiger partial charge in [-0.3, -0.25) is 0 Å². The van der Waals surface area contributed by atoms with Gasteiger partial charge in [0.05, 0.1) is 22.7 Å². The summed E-state index contributed by atoms with van der Waals surface area (Å²) in [6, 6.07) is 68.9. The molecule has 0 radical (unpaired) electrons. The predicted molar refractivity (Wildman–Crippen MR) is 316 cm³/mol. The van der Waals surface area contributed by atoms with Crippen molar-refractivity contribution in [2.75, 3.05) is 47.8 Å². The van der Waals surface area contributed by atoms with E-state index < -0.39 is 0 Å². The second-order valence-corrected chi connectivity index (χ2v) is 21.1. The van der Waals surface area contributed by atoms with E-state index in [9.17, 15) is 0 Å². The Morgan fingerprint density at radius 3 is 0.684 bits per heavy atom. The highest BCUT2D eigenvalue weighted by atomic mass is 16.5. The van der Waals surface area contributed by atoms with Crippen LogP contribution in [-0.4, -0.2) is 55.0 Å². The van der Waals surface area contributed by atoms with Gasteiger partial charge in [-0.2, -0.15) is 0 Å². The Bertz CT molecular complexity index is 3720. The van der Waals surface area contributed by atoms with Crippen molar-refractivity contribution in [3.63, 3.8) is 0 Å². The summed E-state index contributed by atoms with van der Waals surface area (Å²) in [4.78, 5) is 9.85. The van der Waals surface area contributed by atoms with E-state index in [0.717, 1.165) is 55.8 Å². The van der Waals surface area contributed by atoms with Crippen molar-refractivity contribution >= 4 is 138 Å². The maximum absolute atomic E-state index is 6.65. The van der Waals surface area contributed by atoms with Crippen LogP contribution in [0, 0.1) is 0 Å². The van der Waals surface area contributed by atoms with Gasteiger partial charge in [0.1, 0.15) is 23.0 Å². The Morgan fingerprint density at radius 1 is 0.237 bits per heavy atom. The monoisotopic (exact) mass is 976 g/mol. The zero-order chi connectivity index (χ0) is 50.2. The van der Waals surface area contributed by atoms with Crippen molar-refractivity contribution in [3.8, 4) is 46.0 Å². The molecule has 0 unspecified atom stereocenters. The summed E-state index contributed by atoms with van der Waals surface area (Å²) >= 11 is 0. The maximum atomic E-state index is 6.65. The van der Waals surface area contributed by atoms with Gasteiger partial charge in [-0.1, -0.05) is 146 Å². The van der Waals surface area contributed by atoms with Crippen LogP contribution in [0.15, 0.2) is 194 Å². The number of anilines is 8. The molecule has 0 fully saturated rings. The molecule has 0 aliphatic carbocycles. The number of fused-ring (bicyclic) bond motifs is 20. The topological polar surface area (TPSA) is 49.9 Å². The number of ether oxygens (including phenoxy) is 4. The molecule has 76 heavy (non-hydrogen) atoms. The van der Waals surface area contributed by atoms with Gasteiger partial charge in [-0.05, 0) is 103 Å². The number of benzene rings is 10. The normalized spacial score (nSPS) is 14.8. The standard InChI is InChI=1S/C34H28B2N4.C30H16B2O4/c1-37-25-17-9-5-13-21(25)35-22-14-6-11-19-27(22)39(3)33-29(35)31(37)32-30-34(33)40(4)28-20-12-8-16-24(28)36(30)23-15-7-10-18-26(23)38(32)2;1-5-13-21-17(9-1)31-18-10-2-6-14-22(18)34-28-25(31)27(33-21)29-26-30(28)36-24-16-8-4-12-20(24)32(26)19-11-3-7-15-23(19)35-29/h5-20H,1-4H3;1-16H. The van der Waals surface area contributed by atoms with Gasteiger partial charge in [-0.15, -0.1) is 0 Å². The van der Waals surface area contributed by atoms with Gasteiger partial charge in [0, 0.05) is 61.9 Å². The first-order valence-corrected chi connectivity index (χ1v) is 26.3. The van der Waals surface area contributed by atoms with Crippen molar-refractivity contribution < 1.29 is 18.9 Å². The van der Waals surface area contributed by atoms with Crippen LogP contribution in [0.1, 0.15) is 0 Å². The summed E-state index contributed by atoms with van der Waals surface area (Å²) in [7, 11) is 9.05. The Hall–Kier alpha value is -9.14. The van der Waals surface area contributed by atoms with E-state index in [1.807, 2.05) is 48.5 Å². The summed E-state index contributed by atoms with van der Waals surface area (Å²) < 4.78 is 26.6. The Morgan fingerprint density at radius 2 is 0.434 bits per heavy atom. The quantitative estimate of drug-likeness (QED) is 0.167. The average Bonchev–Trinajstić information content (AvgIpc) is 3.18. The zero-order valence-corrected chi connectivity index (χ0v) is 42.2. The summed E-state index contributed by atoms with van der Waals surface area (Å²) in [5.74, 6) is 6.20. The molecule has 8 nitrogen and oxygen atoms in total. The molecule has 0 atom stereocenters. The van der Waals surface area contributed by atoms with Crippen LogP contribution in [-0.2, 0) is 0 Å². The van der Waals surface area contributed by atoms with Crippen LogP contribution in [0.4, 0.5) is 45.5 Å². The third kappa shape index (κ3) is 5.33. The highest BCUT2D eigenvalue weighted by molar-refractivity contribution is 7.04. The summed E-state index contributed by atoms with van der Waals surface area (Å²) in [5.41, 5.74) is 25.1. The minimum absolute atomic E-state index is 0.0496. The van der Waals surface area contributed by atoms with E-state index in [0.29, 0.717) is 23.0 Å². The van der Waals surface area contributed by atoms with Gasteiger partial charge in [0.2, 0.25) is 0 Å². The first-order valence-electron chi connectivity index (χ1n) is 26.3. The Labute approximate surface area is 442 Å². The second kappa shape index (κ2) is 15.2. The first-order chi connectivity index (χ1) is 37.4. The molecule has 10 aromatic carbocycles. The van der Waals surface area contributed by atoms with Gasteiger partial charge in [-0.25, -0.2) is 0 Å². The fourth-order valence-electron chi connectivity index (χ4n) is 14.5. The van der Waals surface area contributed by atoms with Gasteiger partial charge in [0.25, 0.3) is 26.9 Å². The van der Waals surface area contributed by atoms with E-state index >= 15 is 0 Å². The number of nitrogens with zero attached hydrogens (tertiary/aromatic N) is 4. The van der Waals surface area contributed by atoms with Crippen molar-refractivity contribution in [2.24, 2.45) is 0 Å². The lowest BCUT2D eigenvalue weighted by Gasteiger charge is -2.50. The fourth-order valence-corrected chi connectivity index (χ4v) is 14.5. The summed E-state index contributed by atoms with van der Waals surface area (Å²) in [5, 5.41) is 0. The molecule has 8 aliphatic rings. The highest BCUT2D eigenvalue weighted by Gasteiger charge is 2.52. The predicted octanol–water partition coefficient (Wildman–Crippen LogP) is 6.19. The summed E-state index contributed by atoms with van der Waals surface area (Å²) in [6.45, 7) is 0.236. The molecular formula is C64H44B4N4O4. The lowest BCUT2D eigenvalue weighted by atomic mass is 9.30. The third-order valence-electron chi connectivity index (χ3n) is 17.6. The molecule has 8 heterocycles. The molecule has 10 aromatic rings. The van der Waals surface area contributed by atoms with Crippen molar-refractivity contribution in [2.45, 2.75) is 0 Å². The molecule has 0 N–H and O–H groups in total. The zero-order valence-electron chi connectivity index (χ0n) is 42.2. The Balaban J connectivity index is 0.000000124. The molecule has 0 spiro atoms. The highest BCUT2D eigenvalue weighted by Crippen LogP contribution is 2.51. The molecule has 0 amide bonds. The van der Waals surface area contributed by atoms with Crippen LogP contribution in [0.5, 0.6) is 46.0 Å². The molecule has 0 bridgehead atoms. The molecule has 8 aliphatic heterocycles. The van der Waals surface area contributed by atoms with Gasteiger partial charge in [0.15, 0.2) is 23.0 Å². The fraction of sp³-hybridized carbons (Fsp3) is 0.0625. The molecule has 12 heteroatoms. The number of hydrogen-bond acceptors (Lipinski definition) is 8.